The Bertz CT molecular complexity index is 1160. The lowest BCUT2D eigenvalue weighted by Crippen LogP contribution is -2.59. The highest BCUT2D eigenvalue weighted by Gasteiger charge is 2.63. The van der Waals surface area contributed by atoms with Gasteiger partial charge in [-0.25, -0.2) is 8.75 Å². The van der Waals surface area contributed by atoms with Crippen molar-refractivity contribution in [3.63, 3.8) is 0 Å². The van der Waals surface area contributed by atoms with Crippen molar-refractivity contribution in [3.8, 4) is 0 Å². The maximum atomic E-state index is 12.6. The lowest BCUT2D eigenvalue weighted by atomic mass is 9.43. The summed E-state index contributed by atoms with van der Waals surface area (Å²) in [7, 11) is -8.94. The third-order valence-electron chi connectivity index (χ3n) is 12.2. The SMILES string of the molecule is CCOC1CCC2(C)C(C1)CC(OC(C)C)C1C2CCC2(C)C(C(C)CCC(=O)NCCS(=O)(=O)OCOP(=O)(O)O)CCC12. The van der Waals surface area contributed by atoms with Gasteiger partial charge in [0.1, 0.15) is 0 Å². The van der Waals surface area contributed by atoms with Gasteiger partial charge >= 0.3 is 7.82 Å². The molecular formula is C32H58NO10PS. The molecule has 11 nitrogen and oxygen atoms in total. The lowest BCUT2D eigenvalue weighted by Gasteiger charge is -2.63. The number of hydrogen-bond acceptors (Lipinski definition) is 8. The van der Waals surface area contributed by atoms with E-state index in [1.807, 2.05) is 0 Å². The number of amides is 1. The molecule has 0 radical (unpaired) electrons. The minimum Gasteiger partial charge on any atom is -0.378 e. The van der Waals surface area contributed by atoms with Crippen molar-refractivity contribution in [1.29, 1.82) is 0 Å². The van der Waals surface area contributed by atoms with Gasteiger partial charge < -0.3 is 24.6 Å². The number of phosphoric ester groups is 1. The van der Waals surface area contributed by atoms with Crippen LogP contribution in [0.25, 0.3) is 0 Å². The van der Waals surface area contributed by atoms with Crippen LogP contribution in [0.5, 0.6) is 0 Å². The van der Waals surface area contributed by atoms with Gasteiger partial charge in [0, 0.05) is 19.6 Å². The van der Waals surface area contributed by atoms with Crippen LogP contribution in [0.3, 0.4) is 0 Å². The summed E-state index contributed by atoms with van der Waals surface area (Å²) in [6.07, 6.45) is 11.4. The average molecular weight is 680 g/mol. The normalized spacial score (nSPS) is 37.5. The zero-order valence-electron chi connectivity index (χ0n) is 28.1. The van der Waals surface area contributed by atoms with Crippen molar-refractivity contribution in [2.24, 2.45) is 46.3 Å². The second kappa shape index (κ2) is 14.9. The number of fused-ring (bicyclic) bond motifs is 5. The number of nitrogens with one attached hydrogen (secondary N) is 1. The first-order valence-corrected chi connectivity index (χ1v) is 20.2. The number of hydrogen-bond donors (Lipinski definition) is 3. The predicted molar refractivity (Wildman–Crippen MR) is 170 cm³/mol. The maximum absolute atomic E-state index is 12.6. The van der Waals surface area contributed by atoms with E-state index in [1.54, 1.807) is 0 Å². The van der Waals surface area contributed by atoms with Crippen LogP contribution in [-0.2, 0) is 37.7 Å². The molecule has 1 amide bonds. The van der Waals surface area contributed by atoms with E-state index in [2.05, 4.69) is 55.6 Å². The minimum absolute atomic E-state index is 0.153. The molecule has 13 heteroatoms. The molecule has 4 aliphatic carbocycles. The quantitative estimate of drug-likeness (QED) is 0.116. The summed E-state index contributed by atoms with van der Waals surface area (Å²) in [4.78, 5) is 29.9. The van der Waals surface area contributed by atoms with Gasteiger partial charge in [-0.2, -0.15) is 8.42 Å². The van der Waals surface area contributed by atoms with E-state index in [0.717, 1.165) is 32.3 Å². The zero-order valence-corrected chi connectivity index (χ0v) is 29.8. The average Bonchev–Trinajstić information content (AvgIpc) is 3.28. The van der Waals surface area contributed by atoms with E-state index in [1.165, 1.54) is 32.1 Å². The number of ether oxygens (including phenoxy) is 2. The fourth-order valence-corrected chi connectivity index (χ4v) is 11.1. The van der Waals surface area contributed by atoms with Crippen LogP contribution >= 0.6 is 7.82 Å². The molecule has 4 aliphatic rings. The summed E-state index contributed by atoms with van der Waals surface area (Å²) in [5.41, 5.74) is 0.547. The Morgan fingerprint density at radius 1 is 1.02 bits per heavy atom. The molecule has 45 heavy (non-hydrogen) atoms. The molecule has 3 N–H and O–H groups in total. The van der Waals surface area contributed by atoms with E-state index in [9.17, 15) is 17.8 Å². The highest BCUT2D eigenvalue weighted by atomic mass is 32.2. The summed E-state index contributed by atoms with van der Waals surface area (Å²) in [5.74, 6) is 2.64. The summed E-state index contributed by atoms with van der Waals surface area (Å²) < 4.78 is 55.8. The summed E-state index contributed by atoms with van der Waals surface area (Å²) in [6, 6.07) is 0. The fourth-order valence-electron chi connectivity index (χ4n) is 10.2. The molecule has 0 aliphatic heterocycles. The van der Waals surface area contributed by atoms with Crippen molar-refractivity contribution in [1.82, 2.24) is 5.32 Å². The summed E-state index contributed by atoms with van der Waals surface area (Å²) in [6.45, 7) is 13.3. The van der Waals surface area contributed by atoms with Crippen LogP contribution in [0, 0.1) is 46.3 Å². The molecule has 0 bridgehead atoms. The molecule has 0 heterocycles. The van der Waals surface area contributed by atoms with Crippen molar-refractivity contribution >= 4 is 23.8 Å². The van der Waals surface area contributed by atoms with Gasteiger partial charge in [-0.15, -0.1) is 0 Å². The molecular weight excluding hydrogens is 621 g/mol. The third-order valence-corrected chi connectivity index (χ3v) is 13.8. The van der Waals surface area contributed by atoms with E-state index in [-0.39, 0.29) is 30.1 Å². The molecule has 0 saturated heterocycles. The van der Waals surface area contributed by atoms with Crippen molar-refractivity contribution in [2.75, 3.05) is 25.7 Å². The number of carbonyl (C=O) groups is 1. The van der Waals surface area contributed by atoms with Crippen molar-refractivity contribution in [3.05, 3.63) is 0 Å². The van der Waals surface area contributed by atoms with E-state index in [0.29, 0.717) is 53.4 Å². The van der Waals surface area contributed by atoms with Crippen molar-refractivity contribution in [2.45, 2.75) is 124 Å². The van der Waals surface area contributed by atoms with Gasteiger partial charge in [0.05, 0.1) is 24.1 Å². The van der Waals surface area contributed by atoms with Crippen LogP contribution in [0.15, 0.2) is 0 Å². The Kier molecular flexibility index (Phi) is 12.3. The Morgan fingerprint density at radius 2 is 1.71 bits per heavy atom. The molecule has 4 rings (SSSR count). The molecule has 0 aromatic carbocycles. The molecule has 0 aromatic heterocycles. The topological polar surface area (TPSA) is 158 Å². The molecule has 262 valence electrons. The van der Waals surface area contributed by atoms with E-state index in [4.69, 9.17) is 19.3 Å². The first kappa shape index (κ1) is 37.2. The smallest absolute Gasteiger partial charge is 0.378 e. The Balaban J connectivity index is 1.34. The standard InChI is InChI=1S/C32H58NO10PS/c1-7-40-24-12-14-31(5)23(18-24)19-28(43-21(2)3)30-26-10-9-25(32(26,6)15-13-27(30)31)22(4)8-11-29(34)33-16-17-45(38,39)42-20-41-44(35,36)37/h21-28,30H,7-20H2,1-6H3,(H,33,34)(H2,35,36,37). The first-order valence-electron chi connectivity index (χ1n) is 17.1. The molecule has 10 atom stereocenters. The van der Waals surface area contributed by atoms with E-state index < -0.39 is 30.5 Å². The largest absolute Gasteiger partial charge is 0.471 e. The molecule has 0 aromatic rings. The monoisotopic (exact) mass is 679 g/mol. The third kappa shape index (κ3) is 8.91. The first-order chi connectivity index (χ1) is 21.0. The summed E-state index contributed by atoms with van der Waals surface area (Å²) in [5, 5.41) is 2.64. The van der Waals surface area contributed by atoms with Crippen LogP contribution in [0.1, 0.15) is 106 Å². The van der Waals surface area contributed by atoms with Crippen LogP contribution in [0.4, 0.5) is 0 Å². The minimum atomic E-state index is -4.83. The Morgan fingerprint density at radius 3 is 2.38 bits per heavy atom. The number of rotatable bonds is 15. The lowest BCUT2D eigenvalue weighted by molar-refractivity contribution is -0.199. The Labute approximate surface area is 270 Å². The number of carbonyl (C=O) groups excluding carboxylic acids is 1. The van der Waals surface area contributed by atoms with Crippen LogP contribution < -0.4 is 5.32 Å². The van der Waals surface area contributed by atoms with Crippen LogP contribution in [-0.4, -0.2) is 68.1 Å². The second-order valence-electron chi connectivity index (χ2n) is 15.0. The highest BCUT2D eigenvalue weighted by Crippen LogP contribution is 2.69. The summed E-state index contributed by atoms with van der Waals surface area (Å²) >= 11 is 0. The number of phosphoric acid groups is 1. The zero-order chi connectivity index (χ0) is 33.2. The van der Waals surface area contributed by atoms with Gasteiger partial charge in [0.15, 0.2) is 6.79 Å². The van der Waals surface area contributed by atoms with Gasteiger partial charge in [0.25, 0.3) is 10.1 Å². The van der Waals surface area contributed by atoms with Gasteiger partial charge in [0.2, 0.25) is 5.91 Å². The van der Waals surface area contributed by atoms with Gasteiger partial charge in [-0.1, -0.05) is 20.8 Å². The van der Waals surface area contributed by atoms with Crippen molar-refractivity contribution < 1.29 is 45.7 Å². The molecule has 4 saturated carbocycles. The fraction of sp³-hybridized carbons (Fsp3) is 0.969. The second-order valence-corrected chi connectivity index (χ2v) is 18.0. The van der Waals surface area contributed by atoms with Gasteiger partial charge in [-0.05, 0) is 125 Å². The highest BCUT2D eigenvalue weighted by molar-refractivity contribution is 7.86. The molecule has 0 spiro atoms. The van der Waals surface area contributed by atoms with Gasteiger partial charge in [-0.3, -0.25) is 9.32 Å². The Hall–Kier alpha value is -0.590. The van der Waals surface area contributed by atoms with E-state index >= 15 is 0 Å². The predicted octanol–water partition coefficient (Wildman–Crippen LogP) is 5.40. The molecule has 4 fully saturated rings. The van der Waals surface area contributed by atoms with Crippen LogP contribution in [0.2, 0.25) is 0 Å². The maximum Gasteiger partial charge on any atom is 0.471 e. The molecule has 10 unspecified atom stereocenters.